The van der Waals surface area contributed by atoms with Crippen molar-refractivity contribution in [3.63, 3.8) is 0 Å². The van der Waals surface area contributed by atoms with Crippen molar-refractivity contribution < 1.29 is 13.2 Å². The normalized spacial score (nSPS) is 12.6. The van der Waals surface area contributed by atoms with E-state index in [1.807, 2.05) is 31.5 Å². The molecule has 0 radical (unpaired) electrons. The first-order valence-corrected chi connectivity index (χ1v) is 12.6. The highest BCUT2D eigenvalue weighted by Gasteiger charge is 2.12. The maximum atomic E-state index is 12.5. The van der Waals surface area contributed by atoms with Gasteiger partial charge in [-0.2, -0.15) is 5.10 Å². The molecule has 0 saturated carbocycles. The Bertz CT molecular complexity index is 1280. The summed E-state index contributed by atoms with van der Waals surface area (Å²) < 4.78 is 27.3. The summed E-state index contributed by atoms with van der Waals surface area (Å²) in [7, 11) is -3.37. The molecule has 2 N–H and O–H groups in total. The second-order valence-corrected chi connectivity index (χ2v) is 10.0. The van der Waals surface area contributed by atoms with Gasteiger partial charge in [-0.1, -0.05) is 42.0 Å². The van der Waals surface area contributed by atoms with Gasteiger partial charge in [0, 0.05) is 23.0 Å². The Labute approximate surface area is 195 Å². The third-order valence-corrected chi connectivity index (χ3v) is 5.95. The molecule has 1 amide bonds. The van der Waals surface area contributed by atoms with Gasteiger partial charge >= 0.3 is 0 Å². The molecule has 0 fully saturated rings. The second-order valence-electron chi connectivity index (χ2n) is 8.29. The Morgan fingerprint density at radius 2 is 1.82 bits per heavy atom. The summed E-state index contributed by atoms with van der Waals surface area (Å²) >= 11 is 0. The molecular weight excluding hydrogens is 436 g/mol. The van der Waals surface area contributed by atoms with Gasteiger partial charge in [-0.3, -0.25) is 14.2 Å². The van der Waals surface area contributed by atoms with Crippen LogP contribution >= 0.6 is 0 Å². The number of amides is 1. The molecule has 1 unspecified atom stereocenters. The predicted molar refractivity (Wildman–Crippen MR) is 132 cm³/mol. The molecule has 174 valence electrons. The predicted octanol–water partition coefficient (Wildman–Crippen LogP) is 4.12. The Kier molecular flexibility index (Phi) is 7.38. The maximum Gasteiger partial charge on any atom is 0.244 e. The number of anilines is 1. The first-order valence-electron chi connectivity index (χ1n) is 10.7. The standard InChI is InChI=1S/C25H30N4O3S/c1-17-9-11-21(12-10-17)16-29-20(4)24(19(3)27-29)13-14-25(30)26-18(2)22-7-6-8-23(15-22)28-33(5,31)32/h6-15,18,28H,16H2,1-5H3,(H,26,30). The molecule has 2 aromatic carbocycles. The third kappa shape index (κ3) is 6.79. The van der Waals surface area contributed by atoms with E-state index in [2.05, 4.69) is 46.3 Å². The topological polar surface area (TPSA) is 93.1 Å². The van der Waals surface area contributed by atoms with Crippen LogP contribution in [0.3, 0.4) is 0 Å². The summed E-state index contributed by atoms with van der Waals surface area (Å²) in [6.07, 6.45) is 4.39. The summed E-state index contributed by atoms with van der Waals surface area (Å²) in [6, 6.07) is 15.0. The van der Waals surface area contributed by atoms with Crippen molar-refractivity contribution in [2.45, 2.75) is 40.3 Å². The first kappa shape index (κ1) is 24.3. The minimum absolute atomic E-state index is 0.242. The van der Waals surface area contributed by atoms with Crippen molar-refractivity contribution in [2.75, 3.05) is 11.0 Å². The zero-order valence-corrected chi connectivity index (χ0v) is 20.4. The molecular formula is C25H30N4O3S. The Hall–Kier alpha value is -3.39. The largest absolute Gasteiger partial charge is 0.346 e. The van der Waals surface area contributed by atoms with Crippen molar-refractivity contribution in [3.05, 3.63) is 88.2 Å². The summed E-state index contributed by atoms with van der Waals surface area (Å²) in [5.74, 6) is -0.242. The first-order chi connectivity index (χ1) is 15.5. The van der Waals surface area contributed by atoms with Crippen LogP contribution in [-0.2, 0) is 21.4 Å². The van der Waals surface area contributed by atoms with Crippen LogP contribution < -0.4 is 10.0 Å². The Balaban J connectivity index is 1.67. The molecule has 0 spiro atoms. The molecule has 0 saturated heterocycles. The van der Waals surface area contributed by atoms with Crippen LogP contribution in [0.1, 0.15) is 46.6 Å². The van der Waals surface area contributed by atoms with Gasteiger partial charge in [-0.05, 0) is 57.0 Å². The lowest BCUT2D eigenvalue weighted by atomic mass is 10.1. The van der Waals surface area contributed by atoms with Crippen molar-refractivity contribution in [2.24, 2.45) is 0 Å². The SMILES string of the molecule is Cc1ccc(Cn2nc(C)c(C=CC(=O)NC(C)c3cccc(NS(C)(=O)=O)c3)c2C)cc1. The van der Waals surface area contributed by atoms with E-state index in [-0.39, 0.29) is 11.9 Å². The lowest BCUT2D eigenvalue weighted by Gasteiger charge is -2.14. The van der Waals surface area contributed by atoms with Gasteiger partial charge in [0.2, 0.25) is 15.9 Å². The van der Waals surface area contributed by atoms with Crippen molar-refractivity contribution >= 4 is 27.7 Å². The van der Waals surface area contributed by atoms with E-state index in [0.29, 0.717) is 12.2 Å². The van der Waals surface area contributed by atoms with Gasteiger partial charge in [-0.15, -0.1) is 0 Å². The molecule has 1 heterocycles. The molecule has 0 aliphatic rings. The second kappa shape index (κ2) is 10.0. The number of nitrogens with zero attached hydrogens (tertiary/aromatic N) is 2. The lowest BCUT2D eigenvalue weighted by Crippen LogP contribution is -2.24. The zero-order valence-electron chi connectivity index (χ0n) is 19.6. The van der Waals surface area contributed by atoms with E-state index in [1.165, 1.54) is 17.2 Å². The van der Waals surface area contributed by atoms with Crippen LogP contribution in [0.4, 0.5) is 5.69 Å². The van der Waals surface area contributed by atoms with Crippen molar-refractivity contribution in [3.8, 4) is 0 Å². The summed E-state index contributed by atoms with van der Waals surface area (Å²) in [5.41, 5.74) is 6.41. The Morgan fingerprint density at radius 3 is 2.48 bits per heavy atom. The van der Waals surface area contributed by atoms with Crippen LogP contribution in [-0.4, -0.2) is 30.4 Å². The molecule has 7 nitrogen and oxygen atoms in total. The summed E-state index contributed by atoms with van der Waals surface area (Å²) in [5, 5.41) is 7.55. The lowest BCUT2D eigenvalue weighted by molar-refractivity contribution is -0.117. The van der Waals surface area contributed by atoms with Crippen molar-refractivity contribution in [1.82, 2.24) is 15.1 Å². The molecule has 3 aromatic rings. The fourth-order valence-corrected chi connectivity index (χ4v) is 4.12. The highest BCUT2D eigenvalue weighted by atomic mass is 32.2. The van der Waals surface area contributed by atoms with Crippen LogP contribution in [0.15, 0.2) is 54.6 Å². The highest BCUT2D eigenvalue weighted by Crippen LogP contribution is 2.19. The third-order valence-electron chi connectivity index (χ3n) is 5.34. The molecule has 0 aliphatic carbocycles. The quantitative estimate of drug-likeness (QED) is 0.489. The van der Waals surface area contributed by atoms with Gasteiger partial charge in [0.15, 0.2) is 0 Å². The minimum Gasteiger partial charge on any atom is -0.346 e. The molecule has 0 aliphatic heterocycles. The number of hydrogen-bond donors (Lipinski definition) is 2. The number of aromatic nitrogens is 2. The molecule has 0 bridgehead atoms. The van der Waals surface area contributed by atoms with Crippen LogP contribution in [0, 0.1) is 20.8 Å². The van der Waals surface area contributed by atoms with Crippen LogP contribution in [0.25, 0.3) is 6.08 Å². The molecule has 1 aromatic heterocycles. The number of aryl methyl sites for hydroxylation is 2. The van der Waals surface area contributed by atoms with Gasteiger partial charge in [-0.25, -0.2) is 8.42 Å². The molecule has 1 atom stereocenters. The van der Waals surface area contributed by atoms with Gasteiger partial charge in [0.1, 0.15) is 0 Å². The van der Waals surface area contributed by atoms with E-state index < -0.39 is 10.0 Å². The number of hydrogen-bond acceptors (Lipinski definition) is 4. The van der Waals surface area contributed by atoms with Gasteiger partial charge in [0.25, 0.3) is 0 Å². The number of benzene rings is 2. The van der Waals surface area contributed by atoms with E-state index in [0.717, 1.165) is 28.8 Å². The van der Waals surface area contributed by atoms with Crippen LogP contribution in [0.2, 0.25) is 0 Å². The summed E-state index contributed by atoms with van der Waals surface area (Å²) in [6.45, 7) is 8.50. The average molecular weight is 467 g/mol. The van der Waals surface area contributed by atoms with Gasteiger partial charge in [0.05, 0.1) is 24.5 Å². The number of carbonyl (C=O) groups is 1. The maximum absolute atomic E-state index is 12.5. The fourth-order valence-electron chi connectivity index (χ4n) is 3.56. The smallest absolute Gasteiger partial charge is 0.244 e. The minimum atomic E-state index is -3.37. The monoisotopic (exact) mass is 466 g/mol. The van der Waals surface area contributed by atoms with E-state index in [4.69, 9.17) is 0 Å². The van der Waals surface area contributed by atoms with E-state index in [9.17, 15) is 13.2 Å². The summed E-state index contributed by atoms with van der Waals surface area (Å²) in [4.78, 5) is 12.5. The van der Waals surface area contributed by atoms with Gasteiger partial charge < -0.3 is 5.32 Å². The average Bonchev–Trinajstić information content (AvgIpc) is 2.99. The van der Waals surface area contributed by atoms with Crippen LogP contribution in [0.5, 0.6) is 0 Å². The van der Waals surface area contributed by atoms with E-state index >= 15 is 0 Å². The Morgan fingerprint density at radius 1 is 1.12 bits per heavy atom. The zero-order chi connectivity index (χ0) is 24.2. The van der Waals surface area contributed by atoms with Crippen molar-refractivity contribution in [1.29, 1.82) is 0 Å². The number of carbonyl (C=O) groups excluding carboxylic acids is 1. The highest BCUT2D eigenvalue weighted by molar-refractivity contribution is 7.92. The molecule has 8 heteroatoms. The number of sulfonamides is 1. The van der Waals surface area contributed by atoms with E-state index in [1.54, 1.807) is 24.3 Å². The number of nitrogens with one attached hydrogen (secondary N) is 2. The molecule has 3 rings (SSSR count). The molecule has 33 heavy (non-hydrogen) atoms. The number of rotatable bonds is 8. The fraction of sp³-hybridized carbons (Fsp3) is 0.280.